The molecule has 1 aromatic carbocycles. The zero-order valence-electron chi connectivity index (χ0n) is 6.64. The molecule has 0 saturated carbocycles. The SMILES string of the molecule is NC1c2ccccc2C=CC1O. The van der Waals surface area contributed by atoms with Crippen molar-refractivity contribution >= 4 is 6.08 Å². The summed E-state index contributed by atoms with van der Waals surface area (Å²) >= 11 is 0. The summed E-state index contributed by atoms with van der Waals surface area (Å²) in [5.41, 5.74) is 7.92. The van der Waals surface area contributed by atoms with Crippen LogP contribution in [0.1, 0.15) is 17.2 Å². The summed E-state index contributed by atoms with van der Waals surface area (Å²) in [5, 5.41) is 9.41. The van der Waals surface area contributed by atoms with Gasteiger partial charge in [-0.05, 0) is 11.1 Å². The van der Waals surface area contributed by atoms with E-state index in [9.17, 15) is 5.11 Å². The molecule has 1 aromatic rings. The van der Waals surface area contributed by atoms with Crippen LogP contribution in [-0.2, 0) is 0 Å². The fourth-order valence-corrected chi connectivity index (χ4v) is 1.47. The Bertz CT molecular complexity index is 319. The maximum atomic E-state index is 9.41. The summed E-state index contributed by atoms with van der Waals surface area (Å²) in [7, 11) is 0. The molecule has 1 aliphatic rings. The minimum absolute atomic E-state index is 0.272. The van der Waals surface area contributed by atoms with Gasteiger partial charge in [-0.15, -0.1) is 0 Å². The Kier molecular flexibility index (Phi) is 1.71. The predicted octanol–water partition coefficient (Wildman–Crippen LogP) is 1.07. The van der Waals surface area contributed by atoms with E-state index in [2.05, 4.69) is 0 Å². The second-order valence-corrected chi connectivity index (χ2v) is 3.00. The van der Waals surface area contributed by atoms with Gasteiger partial charge in [0.2, 0.25) is 0 Å². The number of hydrogen-bond acceptors (Lipinski definition) is 2. The molecule has 0 fully saturated rings. The molecule has 12 heavy (non-hydrogen) atoms. The van der Waals surface area contributed by atoms with E-state index >= 15 is 0 Å². The van der Waals surface area contributed by atoms with E-state index in [1.807, 2.05) is 30.3 Å². The standard InChI is InChI=1S/C10H11NO/c11-10-8-4-2-1-3-7(8)5-6-9(10)12/h1-6,9-10,12H,11H2. The van der Waals surface area contributed by atoms with Crippen molar-refractivity contribution in [1.29, 1.82) is 0 Å². The van der Waals surface area contributed by atoms with Crippen LogP contribution in [0.15, 0.2) is 30.3 Å². The van der Waals surface area contributed by atoms with E-state index < -0.39 is 6.10 Å². The van der Waals surface area contributed by atoms with Crippen LogP contribution >= 0.6 is 0 Å². The maximum absolute atomic E-state index is 9.41. The van der Waals surface area contributed by atoms with E-state index in [4.69, 9.17) is 5.73 Å². The quantitative estimate of drug-likeness (QED) is 0.598. The Morgan fingerprint density at radius 2 is 2.00 bits per heavy atom. The second-order valence-electron chi connectivity index (χ2n) is 3.00. The van der Waals surface area contributed by atoms with Crippen LogP contribution < -0.4 is 5.73 Å². The third-order valence-electron chi connectivity index (χ3n) is 2.20. The van der Waals surface area contributed by atoms with Gasteiger partial charge in [-0.2, -0.15) is 0 Å². The van der Waals surface area contributed by atoms with Crippen LogP contribution in [0, 0.1) is 0 Å². The van der Waals surface area contributed by atoms with Crippen molar-refractivity contribution in [1.82, 2.24) is 0 Å². The van der Waals surface area contributed by atoms with Gasteiger partial charge in [0.05, 0.1) is 12.1 Å². The first-order valence-electron chi connectivity index (χ1n) is 4.00. The molecule has 0 saturated heterocycles. The lowest BCUT2D eigenvalue weighted by Gasteiger charge is -2.22. The molecule has 1 aliphatic carbocycles. The summed E-state index contributed by atoms with van der Waals surface area (Å²) in [5.74, 6) is 0. The smallest absolute Gasteiger partial charge is 0.0917 e. The predicted molar refractivity (Wildman–Crippen MR) is 48.4 cm³/mol. The van der Waals surface area contributed by atoms with Crippen molar-refractivity contribution in [3.05, 3.63) is 41.5 Å². The molecule has 2 nitrogen and oxygen atoms in total. The van der Waals surface area contributed by atoms with E-state index in [-0.39, 0.29) is 6.04 Å². The Morgan fingerprint density at radius 3 is 2.83 bits per heavy atom. The zero-order chi connectivity index (χ0) is 8.55. The molecule has 62 valence electrons. The third kappa shape index (κ3) is 1.05. The zero-order valence-corrected chi connectivity index (χ0v) is 6.64. The van der Waals surface area contributed by atoms with Gasteiger partial charge in [0, 0.05) is 0 Å². The summed E-state index contributed by atoms with van der Waals surface area (Å²) in [6.45, 7) is 0. The molecule has 2 unspecified atom stereocenters. The first kappa shape index (κ1) is 7.53. The van der Waals surface area contributed by atoms with Crippen LogP contribution in [0.25, 0.3) is 6.08 Å². The van der Waals surface area contributed by atoms with Crippen molar-refractivity contribution in [3.8, 4) is 0 Å². The van der Waals surface area contributed by atoms with Crippen LogP contribution in [0.2, 0.25) is 0 Å². The van der Waals surface area contributed by atoms with E-state index in [0.29, 0.717) is 0 Å². The van der Waals surface area contributed by atoms with Gasteiger partial charge in [-0.3, -0.25) is 0 Å². The summed E-state index contributed by atoms with van der Waals surface area (Å²) in [4.78, 5) is 0. The van der Waals surface area contributed by atoms with Gasteiger partial charge in [0.1, 0.15) is 0 Å². The number of rotatable bonds is 0. The Balaban J connectivity index is 2.52. The number of aliphatic hydroxyl groups is 1. The first-order chi connectivity index (χ1) is 5.79. The van der Waals surface area contributed by atoms with Crippen molar-refractivity contribution in [2.45, 2.75) is 12.1 Å². The third-order valence-corrected chi connectivity index (χ3v) is 2.20. The largest absolute Gasteiger partial charge is 0.387 e. The summed E-state index contributed by atoms with van der Waals surface area (Å²) in [6, 6.07) is 7.58. The average Bonchev–Trinajstić information content (AvgIpc) is 2.12. The summed E-state index contributed by atoms with van der Waals surface area (Å²) < 4.78 is 0. The van der Waals surface area contributed by atoms with E-state index in [1.54, 1.807) is 6.08 Å². The van der Waals surface area contributed by atoms with Crippen molar-refractivity contribution in [3.63, 3.8) is 0 Å². The molecular weight excluding hydrogens is 150 g/mol. The molecule has 0 amide bonds. The number of benzene rings is 1. The van der Waals surface area contributed by atoms with Crippen molar-refractivity contribution in [2.75, 3.05) is 0 Å². The topological polar surface area (TPSA) is 46.2 Å². The molecule has 0 aliphatic heterocycles. The first-order valence-corrected chi connectivity index (χ1v) is 4.00. The van der Waals surface area contributed by atoms with Crippen molar-refractivity contribution < 1.29 is 5.11 Å². The number of fused-ring (bicyclic) bond motifs is 1. The Labute approximate surface area is 71.3 Å². The van der Waals surface area contributed by atoms with E-state index in [1.165, 1.54) is 0 Å². The van der Waals surface area contributed by atoms with E-state index in [0.717, 1.165) is 11.1 Å². The monoisotopic (exact) mass is 161 g/mol. The van der Waals surface area contributed by atoms with Crippen LogP contribution in [-0.4, -0.2) is 11.2 Å². The molecule has 0 aromatic heterocycles. The molecule has 3 N–H and O–H groups in total. The number of aliphatic hydroxyl groups excluding tert-OH is 1. The van der Waals surface area contributed by atoms with Crippen LogP contribution in [0.4, 0.5) is 0 Å². The van der Waals surface area contributed by atoms with Gasteiger partial charge < -0.3 is 10.8 Å². The fraction of sp³-hybridized carbons (Fsp3) is 0.200. The van der Waals surface area contributed by atoms with Gasteiger partial charge in [0.15, 0.2) is 0 Å². The highest BCUT2D eigenvalue weighted by atomic mass is 16.3. The summed E-state index contributed by atoms with van der Waals surface area (Å²) in [6.07, 6.45) is 3.09. The average molecular weight is 161 g/mol. The minimum Gasteiger partial charge on any atom is -0.387 e. The molecule has 0 bridgehead atoms. The lowest BCUT2D eigenvalue weighted by atomic mass is 9.92. The van der Waals surface area contributed by atoms with Crippen molar-refractivity contribution in [2.24, 2.45) is 5.73 Å². The molecule has 2 atom stereocenters. The maximum Gasteiger partial charge on any atom is 0.0917 e. The van der Waals surface area contributed by atoms with Crippen LogP contribution in [0.5, 0.6) is 0 Å². The number of nitrogens with two attached hydrogens (primary N) is 1. The highest BCUT2D eigenvalue weighted by molar-refractivity contribution is 5.58. The molecule has 0 radical (unpaired) electrons. The highest BCUT2D eigenvalue weighted by Gasteiger charge is 2.19. The lowest BCUT2D eigenvalue weighted by molar-refractivity contribution is 0.191. The van der Waals surface area contributed by atoms with Gasteiger partial charge >= 0.3 is 0 Å². The molecule has 0 spiro atoms. The van der Waals surface area contributed by atoms with Gasteiger partial charge in [-0.25, -0.2) is 0 Å². The molecule has 2 rings (SSSR count). The lowest BCUT2D eigenvalue weighted by Crippen LogP contribution is -2.27. The van der Waals surface area contributed by atoms with Crippen LogP contribution in [0.3, 0.4) is 0 Å². The Hall–Kier alpha value is -1.12. The Morgan fingerprint density at radius 1 is 1.25 bits per heavy atom. The molecule has 2 heteroatoms. The van der Waals surface area contributed by atoms with Gasteiger partial charge in [0.25, 0.3) is 0 Å². The van der Waals surface area contributed by atoms with Gasteiger partial charge in [-0.1, -0.05) is 36.4 Å². The minimum atomic E-state index is -0.542. The second kappa shape index (κ2) is 2.73. The molecular formula is C10H11NO. The fourth-order valence-electron chi connectivity index (χ4n) is 1.47. The number of hydrogen-bond donors (Lipinski definition) is 2. The molecule has 0 heterocycles. The normalized spacial score (nSPS) is 26.8. The highest BCUT2D eigenvalue weighted by Crippen LogP contribution is 2.25.